The third-order valence-corrected chi connectivity index (χ3v) is 0.767. The zero-order valence-corrected chi connectivity index (χ0v) is 5.09. The summed E-state index contributed by atoms with van der Waals surface area (Å²) in [4.78, 5) is 0. The van der Waals surface area contributed by atoms with E-state index >= 15 is 0 Å². The highest BCUT2D eigenvalue weighted by atomic mass is 16.3. The van der Waals surface area contributed by atoms with Crippen LogP contribution < -0.4 is 11.3 Å². The van der Waals surface area contributed by atoms with Gasteiger partial charge in [-0.25, -0.2) is 5.43 Å². The summed E-state index contributed by atoms with van der Waals surface area (Å²) >= 11 is 0. The van der Waals surface area contributed by atoms with Gasteiger partial charge < -0.3 is 5.11 Å². The Morgan fingerprint density at radius 2 is 2.38 bits per heavy atom. The van der Waals surface area contributed by atoms with E-state index in [1.807, 2.05) is 6.92 Å². The summed E-state index contributed by atoms with van der Waals surface area (Å²) in [5, 5.41) is 9.69. The number of rotatable bonds is 4. The second-order valence-corrected chi connectivity index (χ2v) is 1.42. The molecule has 0 aliphatic rings. The third kappa shape index (κ3) is 4.01. The maximum absolute atomic E-state index is 8.27. The molecule has 4 heteroatoms. The number of hydrogen-bond acceptors (Lipinski definition) is 4. The molecule has 0 aliphatic heterocycles. The molecule has 0 bridgehead atoms. The maximum Gasteiger partial charge on any atom is 0.0570 e. The summed E-state index contributed by atoms with van der Waals surface area (Å²) in [6.45, 7) is 3.29. The first kappa shape index (κ1) is 7.84. The van der Waals surface area contributed by atoms with E-state index in [4.69, 9.17) is 10.9 Å². The summed E-state index contributed by atoms with van der Waals surface area (Å²) in [5.74, 6) is 5.27. The Bertz CT molecular complexity index is 50.5. The molecule has 0 fully saturated rings. The van der Waals surface area contributed by atoms with Crippen molar-refractivity contribution in [3.63, 3.8) is 0 Å². The molecular weight excluding hydrogens is 106 g/mol. The molecule has 50 valence electrons. The van der Waals surface area contributed by atoms with Crippen LogP contribution in [0, 0.1) is 0 Å². The van der Waals surface area contributed by atoms with Gasteiger partial charge in [0.2, 0.25) is 0 Å². The highest BCUT2D eigenvalue weighted by Crippen LogP contribution is 1.63. The number of hydrogen-bond donors (Lipinski definition) is 3. The molecule has 4 nitrogen and oxygen atoms in total. The van der Waals surface area contributed by atoms with Gasteiger partial charge in [-0.05, 0) is 6.92 Å². The zero-order valence-electron chi connectivity index (χ0n) is 5.09. The van der Waals surface area contributed by atoms with Gasteiger partial charge in [-0.2, -0.15) is 5.12 Å². The SMILES string of the molecule is CCN(N)NCCO. The van der Waals surface area contributed by atoms with Crippen molar-refractivity contribution < 1.29 is 5.11 Å². The summed E-state index contributed by atoms with van der Waals surface area (Å²) in [6.07, 6.45) is 0. The Morgan fingerprint density at radius 1 is 1.75 bits per heavy atom. The molecule has 0 rings (SSSR count). The number of nitrogens with two attached hydrogens (primary N) is 1. The summed E-state index contributed by atoms with van der Waals surface area (Å²) in [7, 11) is 0. The van der Waals surface area contributed by atoms with Gasteiger partial charge in [0.1, 0.15) is 0 Å². The molecular formula is C4H13N3O. The van der Waals surface area contributed by atoms with Crippen molar-refractivity contribution in [1.82, 2.24) is 10.5 Å². The summed E-state index contributed by atoms with van der Waals surface area (Å²) in [5.41, 5.74) is 2.74. The van der Waals surface area contributed by atoms with Crippen LogP contribution in [0.4, 0.5) is 0 Å². The van der Waals surface area contributed by atoms with Crippen molar-refractivity contribution in [3.05, 3.63) is 0 Å². The molecule has 0 aromatic carbocycles. The van der Waals surface area contributed by atoms with Crippen molar-refractivity contribution in [3.8, 4) is 0 Å². The van der Waals surface area contributed by atoms with Crippen LogP contribution in [0.3, 0.4) is 0 Å². The van der Waals surface area contributed by atoms with Gasteiger partial charge in [0.25, 0.3) is 0 Å². The Balaban J connectivity index is 2.86. The lowest BCUT2D eigenvalue weighted by Crippen LogP contribution is -2.44. The minimum absolute atomic E-state index is 0.119. The number of nitrogens with one attached hydrogen (secondary N) is 1. The van der Waals surface area contributed by atoms with Gasteiger partial charge in [-0.15, -0.1) is 0 Å². The van der Waals surface area contributed by atoms with Crippen LogP contribution in [-0.4, -0.2) is 29.9 Å². The molecule has 0 heterocycles. The van der Waals surface area contributed by atoms with Crippen molar-refractivity contribution in [2.75, 3.05) is 19.7 Å². The van der Waals surface area contributed by atoms with Crippen LogP contribution in [0.25, 0.3) is 0 Å². The lowest BCUT2D eigenvalue weighted by atomic mass is 10.7. The Hall–Kier alpha value is -0.160. The minimum atomic E-state index is 0.119. The maximum atomic E-state index is 8.27. The molecule has 0 aromatic heterocycles. The predicted molar refractivity (Wildman–Crippen MR) is 31.7 cm³/mol. The first-order valence-electron chi connectivity index (χ1n) is 2.67. The predicted octanol–water partition coefficient (Wildman–Crippen LogP) is -1.32. The first-order chi connectivity index (χ1) is 3.81. The topological polar surface area (TPSA) is 61.5 Å². The molecule has 0 radical (unpaired) electrons. The molecule has 0 saturated heterocycles. The van der Waals surface area contributed by atoms with Crippen molar-refractivity contribution in [2.24, 2.45) is 5.84 Å². The van der Waals surface area contributed by atoms with E-state index in [0.717, 1.165) is 6.54 Å². The van der Waals surface area contributed by atoms with Gasteiger partial charge in [0.05, 0.1) is 6.61 Å². The molecule has 4 N–H and O–H groups in total. The number of hydrazine groups is 2. The van der Waals surface area contributed by atoms with Gasteiger partial charge in [-0.3, -0.25) is 5.84 Å². The van der Waals surface area contributed by atoms with Crippen molar-refractivity contribution in [2.45, 2.75) is 6.92 Å². The average Bonchev–Trinajstić information content (AvgIpc) is 1.83. The second-order valence-electron chi connectivity index (χ2n) is 1.42. The fourth-order valence-corrected chi connectivity index (χ4v) is 0.305. The molecule has 8 heavy (non-hydrogen) atoms. The smallest absolute Gasteiger partial charge is 0.0570 e. The number of aliphatic hydroxyl groups excluding tert-OH is 1. The van der Waals surface area contributed by atoms with E-state index < -0.39 is 0 Å². The van der Waals surface area contributed by atoms with Gasteiger partial charge in [0.15, 0.2) is 0 Å². The van der Waals surface area contributed by atoms with Gasteiger partial charge in [0, 0.05) is 13.1 Å². The second kappa shape index (κ2) is 4.99. The third-order valence-electron chi connectivity index (χ3n) is 0.767. The fraction of sp³-hybridized carbons (Fsp3) is 1.00. The normalized spacial score (nSPS) is 10.5. The highest BCUT2D eigenvalue weighted by molar-refractivity contribution is 4.34. The largest absolute Gasteiger partial charge is 0.395 e. The van der Waals surface area contributed by atoms with Crippen molar-refractivity contribution >= 4 is 0 Å². The standard InChI is InChI=1S/C4H13N3O/c1-2-7(5)6-3-4-8/h6,8H,2-5H2,1H3. The average molecular weight is 119 g/mol. The molecule has 0 amide bonds. The van der Waals surface area contributed by atoms with E-state index in [-0.39, 0.29) is 6.61 Å². The molecule has 0 saturated carbocycles. The lowest BCUT2D eigenvalue weighted by molar-refractivity contribution is 0.174. The highest BCUT2D eigenvalue weighted by Gasteiger charge is 1.87. The van der Waals surface area contributed by atoms with Gasteiger partial charge in [-0.1, -0.05) is 0 Å². The Kier molecular flexibility index (Phi) is 4.89. The summed E-state index contributed by atoms with van der Waals surface area (Å²) in [6, 6.07) is 0. The van der Waals surface area contributed by atoms with Crippen LogP contribution in [-0.2, 0) is 0 Å². The van der Waals surface area contributed by atoms with Gasteiger partial charge >= 0.3 is 0 Å². The quantitative estimate of drug-likeness (QED) is 0.317. The number of aliphatic hydroxyl groups is 1. The van der Waals surface area contributed by atoms with E-state index in [2.05, 4.69) is 5.43 Å². The van der Waals surface area contributed by atoms with E-state index in [9.17, 15) is 0 Å². The van der Waals surface area contributed by atoms with Crippen LogP contribution in [0.1, 0.15) is 6.92 Å². The van der Waals surface area contributed by atoms with E-state index in [1.165, 1.54) is 5.12 Å². The van der Waals surface area contributed by atoms with Crippen LogP contribution in [0.5, 0.6) is 0 Å². The van der Waals surface area contributed by atoms with E-state index in [1.54, 1.807) is 0 Å². The molecule has 0 spiro atoms. The lowest BCUT2D eigenvalue weighted by Gasteiger charge is -2.12. The molecule has 0 aliphatic carbocycles. The van der Waals surface area contributed by atoms with Crippen LogP contribution in [0.15, 0.2) is 0 Å². The monoisotopic (exact) mass is 119 g/mol. The zero-order chi connectivity index (χ0) is 6.41. The fourth-order valence-electron chi connectivity index (χ4n) is 0.305. The molecule has 0 atom stereocenters. The molecule has 0 unspecified atom stereocenters. The Morgan fingerprint density at radius 3 is 2.75 bits per heavy atom. The molecule has 0 aromatic rings. The minimum Gasteiger partial charge on any atom is -0.395 e. The number of nitrogens with zero attached hydrogens (tertiary/aromatic N) is 1. The Labute approximate surface area is 49.2 Å². The van der Waals surface area contributed by atoms with E-state index in [0.29, 0.717) is 6.54 Å². The first-order valence-corrected chi connectivity index (χ1v) is 2.67. The van der Waals surface area contributed by atoms with Crippen molar-refractivity contribution in [1.29, 1.82) is 0 Å². The van der Waals surface area contributed by atoms with Crippen LogP contribution >= 0.6 is 0 Å². The summed E-state index contributed by atoms with van der Waals surface area (Å²) < 4.78 is 0. The van der Waals surface area contributed by atoms with Crippen LogP contribution in [0.2, 0.25) is 0 Å².